The number of aliphatic hydroxyl groups is 2. The second kappa shape index (κ2) is 9.20. The molecule has 1 unspecified atom stereocenters. The molecule has 0 saturated heterocycles. The van der Waals surface area contributed by atoms with Gasteiger partial charge in [0.25, 0.3) is 0 Å². The standard InChI is InChI=1S/C15H26O2/c1-12(2)15(17)9-8-13(3)6-5-7-14(4)10-11-16/h6,10,15-17H,1,5,7-9,11H2,2-4H3/b13-6-,14-10-. The van der Waals surface area contributed by atoms with Crippen LogP contribution >= 0.6 is 0 Å². The van der Waals surface area contributed by atoms with Crippen molar-refractivity contribution in [1.29, 1.82) is 0 Å². The highest BCUT2D eigenvalue weighted by Gasteiger charge is 2.03. The number of allylic oxidation sites excluding steroid dienone is 3. The van der Waals surface area contributed by atoms with Gasteiger partial charge in [-0.25, -0.2) is 0 Å². The summed E-state index contributed by atoms with van der Waals surface area (Å²) in [5, 5.41) is 18.3. The molecule has 2 N–H and O–H groups in total. The van der Waals surface area contributed by atoms with Gasteiger partial charge in [0.1, 0.15) is 0 Å². The third kappa shape index (κ3) is 8.90. The fourth-order valence-corrected chi connectivity index (χ4v) is 1.52. The zero-order valence-electron chi connectivity index (χ0n) is 11.4. The molecule has 0 aliphatic heterocycles. The SMILES string of the molecule is C=C(C)C(O)CC/C(C)=C\CC/C(C)=C\CO. The van der Waals surface area contributed by atoms with Gasteiger partial charge in [0.2, 0.25) is 0 Å². The van der Waals surface area contributed by atoms with Gasteiger partial charge in [-0.15, -0.1) is 0 Å². The number of hydrogen-bond acceptors (Lipinski definition) is 2. The summed E-state index contributed by atoms with van der Waals surface area (Å²) in [6, 6.07) is 0. The molecule has 0 spiro atoms. The predicted octanol–water partition coefficient (Wildman–Crippen LogP) is 3.37. The first-order valence-corrected chi connectivity index (χ1v) is 6.23. The van der Waals surface area contributed by atoms with Crippen LogP contribution < -0.4 is 0 Å². The van der Waals surface area contributed by atoms with Crippen LogP contribution in [0.25, 0.3) is 0 Å². The fourth-order valence-electron chi connectivity index (χ4n) is 1.52. The van der Waals surface area contributed by atoms with Gasteiger partial charge in [-0.2, -0.15) is 0 Å². The molecule has 0 radical (unpaired) electrons. The highest BCUT2D eigenvalue weighted by atomic mass is 16.3. The van der Waals surface area contributed by atoms with E-state index in [-0.39, 0.29) is 12.7 Å². The Hall–Kier alpha value is -0.860. The van der Waals surface area contributed by atoms with E-state index in [0.29, 0.717) is 0 Å². The van der Waals surface area contributed by atoms with Gasteiger partial charge in [0, 0.05) is 0 Å². The van der Waals surface area contributed by atoms with E-state index in [4.69, 9.17) is 5.11 Å². The smallest absolute Gasteiger partial charge is 0.0747 e. The topological polar surface area (TPSA) is 40.5 Å². The number of hydrogen-bond donors (Lipinski definition) is 2. The normalized spacial score (nSPS) is 14.9. The van der Waals surface area contributed by atoms with Crippen LogP contribution in [0.4, 0.5) is 0 Å². The minimum Gasteiger partial charge on any atom is -0.392 e. The lowest BCUT2D eigenvalue weighted by Gasteiger charge is -2.09. The van der Waals surface area contributed by atoms with Crippen molar-refractivity contribution < 1.29 is 10.2 Å². The average Bonchev–Trinajstić information content (AvgIpc) is 2.26. The minimum atomic E-state index is -0.380. The van der Waals surface area contributed by atoms with Crippen LogP contribution in [0.2, 0.25) is 0 Å². The Morgan fingerprint density at radius 2 is 1.71 bits per heavy atom. The predicted molar refractivity (Wildman–Crippen MR) is 73.9 cm³/mol. The summed E-state index contributed by atoms with van der Waals surface area (Å²) in [5.41, 5.74) is 3.36. The van der Waals surface area contributed by atoms with E-state index in [0.717, 1.165) is 31.3 Å². The molecular weight excluding hydrogens is 212 g/mol. The molecule has 2 nitrogen and oxygen atoms in total. The van der Waals surface area contributed by atoms with E-state index in [9.17, 15) is 5.11 Å². The van der Waals surface area contributed by atoms with Crippen molar-refractivity contribution in [3.63, 3.8) is 0 Å². The molecule has 0 aliphatic carbocycles. The summed E-state index contributed by atoms with van der Waals surface area (Å²) in [5.74, 6) is 0. The van der Waals surface area contributed by atoms with Crippen LogP contribution in [0, 0.1) is 0 Å². The Morgan fingerprint density at radius 3 is 2.24 bits per heavy atom. The molecule has 0 fully saturated rings. The lowest BCUT2D eigenvalue weighted by molar-refractivity contribution is 0.201. The average molecular weight is 238 g/mol. The second-order valence-electron chi connectivity index (χ2n) is 4.72. The van der Waals surface area contributed by atoms with Crippen LogP contribution in [0.1, 0.15) is 46.5 Å². The molecule has 2 heteroatoms. The molecule has 0 saturated carbocycles. The van der Waals surface area contributed by atoms with Crippen molar-refractivity contribution in [3.8, 4) is 0 Å². The quantitative estimate of drug-likeness (QED) is 0.636. The number of rotatable bonds is 8. The first-order chi connectivity index (χ1) is 7.97. The molecule has 0 aliphatic rings. The minimum absolute atomic E-state index is 0.124. The molecule has 0 bridgehead atoms. The van der Waals surface area contributed by atoms with Crippen LogP contribution in [-0.4, -0.2) is 22.9 Å². The maximum absolute atomic E-state index is 9.60. The van der Waals surface area contributed by atoms with Crippen LogP contribution in [-0.2, 0) is 0 Å². The van der Waals surface area contributed by atoms with Gasteiger partial charge in [-0.05, 0) is 46.5 Å². The largest absolute Gasteiger partial charge is 0.392 e. The molecule has 0 aromatic heterocycles. The van der Waals surface area contributed by atoms with Gasteiger partial charge in [0.05, 0.1) is 12.7 Å². The number of aliphatic hydroxyl groups excluding tert-OH is 2. The zero-order chi connectivity index (χ0) is 13.3. The first kappa shape index (κ1) is 16.1. The second-order valence-corrected chi connectivity index (χ2v) is 4.72. The molecular formula is C15H26O2. The summed E-state index contributed by atoms with van der Waals surface area (Å²) in [4.78, 5) is 0. The third-order valence-electron chi connectivity index (χ3n) is 2.85. The van der Waals surface area contributed by atoms with Crippen LogP contribution in [0.3, 0.4) is 0 Å². The van der Waals surface area contributed by atoms with E-state index in [2.05, 4.69) is 19.6 Å². The summed E-state index contributed by atoms with van der Waals surface area (Å²) in [6.45, 7) is 9.84. The molecule has 1 atom stereocenters. The van der Waals surface area contributed by atoms with Crippen LogP contribution in [0.15, 0.2) is 35.5 Å². The Labute approximate surface area is 105 Å². The highest BCUT2D eigenvalue weighted by molar-refractivity contribution is 5.05. The highest BCUT2D eigenvalue weighted by Crippen LogP contribution is 2.13. The fraction of sp³-hybridized carbons (Fsp3) is 0.600. The van der Waals surface area contributed by atoms with E-state index in [1.807, 2.05) is 19.9 Å². The molecule has 98 valence electrons. The van der Waals surface area contributed by atoms with E-state index in [1.165, 1.54) is 11.1 Å². The van der Waals surface area contributed by atoms with Crippen molar-refractivity contribution in [1.82, 2.24) is 0 Å². The van der Waals surface area contributed by atoms with Crippen LogP contribution in [0.5, 0.6) is 0 Å². The maximum Gasteiger partial charge on any atom is 0.0747 e. The van der Waals surface area contributed by atoms with Gasteiger partial charge in [-0.3, -0.25) is 0 Å². The molecule has 0 amide bonds. The zero-order valence-corrected chi connectivity index (χ0v) is 11.4. The van der Waals surface area contributed by atoms with Crippen molar-refractivity contribution in [3.05, 3.63) is 35.5 Å². The Kier molecular flexibility index (Phi) is 8.73. The van der Waals surface area contributed by atoms with E-state index in [1.54, 1.807) is 0 Å². The molecule has 0 rings (SSSR count). The van der Waals surface area contributed by atoms with Gasteiger partial charge in [0.15, 0.2) is 0 Å². The summed E-state index contributed by atoms with van der Waals surface area (Å²) in [7, 11) is 0. The van der Waals surface area contributed by atoms with Gasteiger partial charge >= 0.3 is 0 Å². The molecule has 0 heterocycles. The molecule has 17 heavy (non-hydrogen) atoms. The molecule has 0 aromatic rings. The van der Waals surface area contributed by atoms with Crippen molar-refractivity contribution >= 4 is 0 Å². The van der Waals surface area contributed by atoms with Crippen molar-refractivity contribution in [2.45, 2.75) is 52.6 Å². The van der Waals surface area contributed by atoms with Crippen molar-refractivity contribution in [2.24, 2.45) is 0 Å². The van der Waals surface area contributed by atoms with Gasteiger partial charge < -0.3 is 10.2 Å². The summed E-state index contributed by atoms with van der Waals surface area (Å²) < 4.78 is 0. The first-order valence-electron chi connectivity index (χ1n) is 6.23. The van der Waals surface area contributed by atoms with Gasteiger partial charge in [-0.1, -0.05) is 35.5 Å². The Morgan fingerprint density at radius 1 is 1.12 bits per heavy atom. The third-order valence-corrected chi connectivity index (χ3v) is 2.85. The van der Waals surface area contributed by atoms with E-state index < -0.39 is 0 Å². The lowest BCUT2D eigenvalue weighted by atomic mass is 10.0. The Bertz CT molecular complexity index is 287. The molecule has 0 aromatic carbocycles. The maximum atomic E-state index is 9.60. The summed E-state index contributed by atoms with van der Waals surface area (Å²) >= 11 is 0. The lowest BCUT2D eigenvalue weighted by Crippen LogP contribution is -2.06. The monoisotopic (exact) mass is 238 g/mol. The summed E-state index contributed by atoms with van der Waals surface area (Å²) in [6.07, 6.45) is 7.32. The Balaban J connectivity index is 3.87. The van der Waals surface area contributed by atoms with E-state index >= 15 is 0 Å². The van der Waals surface area contributed by atoms with Crippen molar-refractivity contribution in [2.75, 3.05) is 6.61 Å².